The third kappa shape index (κ3) is 6.37. The number of urea groups is 1. The summed E-state index contributed by atoms with van der Waals surface area (Å²) in [6, 6.07) is -1.75. The van der Waals surface area contributed by atoms with Gasteiger partial charge in [-0.2, -0.15) is 13.2 Å². The number of hydrogen-bond acceptors (Lipinski definition) is 4. The number of nitrogens with one attached hydrogen (secondary N) is 2. The molecule has 0 aromatic heterocycles. The van der Waals surface area contributed by atoms with E-state index in [1.165, 1.54) is 0 Å². The summed E-state index contributed by atoms with van der Waals surface area (Å²) >= 11 is 0. The molecule has 0 saturated carbocycles. The molecule has 2 unspecified atom stereocenters. The third-order valence-corrected chi connectivity index (χ3v) is 3.69. The van der Waals surface area contributed by atoms with Crippen LogP contribution in [0.5, 0.6) is 0 Å². The summed E-state index contributed by atoms with van der Waals surface area (Å²) in [4.78, 5) is 24.9. The zero-order valence-electron chi connectivity index (χ0n) is 12.5. The van der Waals surface area contributed by atoms with Crippen LogP contribution in [0.15, 0.2) is 0 Å². The van der Waals surface area contributed by atoms with Crippen molar-refractivity contribution in [1.82, 2.24) is 15.5 Å². The molecule has 0 bridgehead atoms. The average molecular weight is 347 g/mol. The molecule has 3 amide bonds. The smallest absolute Gasteiger partial charge is 0.330 e. The molecule has 1 saturated heterocycles. The number of nitrogens with zero attached hydrogens (tertiary/aromatic N) is 1. The Balaban J connectivity index is 0.00000441. The Morgan fingerprint density at radius 2 is 2.00 bits per heavy atom. The van der Waals surface area contributed by atoms with Crippen molar-refractivity contribution in [3.8, 4) is 0 Å². The number of amides is 3. The molecule has 6 nitrogen and oxygen atoms in total. The lowest BCUT2D eigenvalue weighted by atomic mass is 9.90. The Hall–Kier alpha value is -1.06. The highest BCUT2D eigenvalue weighted by atomic mass is 35.5. The maximum absolute atomic E-state index is 11.9. The van der Waals surface area contributed by atoms with Crippen LogP contribution < -0.4 is 16.4 Å². The topological polar surface area (TPSA) is 87.5 Å². The summed E-state index contributed by atoms with van der Waals surface area (Å²) in [6.45, 7) is 3.90. The molecule has 22 heavy (non-hydrogen) atoms. The van der Waals surface area contributed by atoms with Crippen molar-refractivity contribution in [2.24, 2.45) is 11.1 Å². The highest BCUT2D eigenvalue weighted by Crippen LogP contribution is 2.29. The molecule has 1 rings (SSSR count). The van der Waals surface area contributed by atoms with E-state index in [1.54, 1.807) is 12.2 Å². The normalized spacial score (nSPS) is 23.5. The Morgan fingerprint density at radius 1 is 1.41 bits per heavy atom. The van der Waals surface area contributed by atoms with Gasteiger partial charge in [0.05, 0.1) is 6.04 Å². The van der Waals surface area contributed by atoms with E-state index in [2.05, 4.69) is 0 Å². The van der Waals surface area contributed by atoms with Gasteiger partial charge in [0.1, 0.15) is 6.54 Å². The minimum absolute atomic E-state index is 0. The highest BCUT2D eigenvalue weighted by Gasteiger charge is 2.37. The first-order chi connectivity index (χ1) is 9.56. The summed E-state index contributed by atoms with van der Waals surface area (Å²) < 4.78 is 35.8. The van der Waals surface area contributed by atoms with Gasteiger partial charge in [-0.05, 0) is 31.8 Å². The van der Waals surface area contributed by atoms with E-state index < -0.39 is 30.7 Å². The molecule has 1 heterocycles. The van der Waals surface area contributed by atoms with Crippen molar-refractivity contribution in [3.05, 3.63) is 0 Å². The maximum Gasteiger partial charge on any atom is 0.405 e. The van der Waals surface area contributed by atoms with Crippen molar-refractivity contribution in [2.45, 2.75) is 32.5 Å². The summed E-state index contributed by atoms with van der Waals surface area (Å²) in [5.74, 6) is -0.629. The van der Waals surface area contributed by atoms with Gasteiger partial charge in [-0.3, -0.25) is 15.0 Å². The largest absolute Gasteiger partial charge is 0.405 e. The molecule has 130 valence electrons. The number of alkyl halides is 3. The van der Waals surface area contributed by atoms with Crippen molar-refractivity contribution in [1.29, 1.82) is 0 Å². The van der Waals surface area contributed by atoms with E-state index in [0.29, 0.717) is 19.6 Å². The first kappa shape index (κ1) is 20.9. The van der Waals surface area contributed by atoms with Gasteiger partial charge in [0.2, 0.25) is 5.91 Å². The second-order valence-electron chi connectivity index (χ2n) is 5.70. The van der Waals surface area contributed by atoms with Crippen LogP contribution in [0.3, 0.4) is 0 Å². The SMILES string of the molecule is CC(C(=O)NC(=O)NCC(F)(F)F)N1CCC(C)(CN)C1.Cl. The molecule has 10 heteroatoms. The number of hydrogen-bond donors (Lipinski definition) is 3. The predicted octanol–water partition coefficient (Wildman–Crippen LogP) is 0.855. The van der Waals surface area contributed by atoms with Gasteiger partial charge >= 0.3 is 12.2 Å². The van der Waals surface area contributed by atoms with E-state index in [1.807, 2.05) is 17.1 Å². The molecule has 1 aliphatic rings. The van der Waals surface area contributed by atoms with Crippen LogP contribution in [0.1, 0.15) is 20.3 Å². The Morgan fingerprint density at radius 3 is 2.45 bits per heavy atom. The molecular weight excluding hydrogens is 325 g/mol. The molecule has 0 aliphatic carbocycles. The van der Waals surface area contributed by atoms with Crippen LogP contribution in [0.2, 0.25) is 0 Å². The van der Waals surface area contributed by atoms with E-state index in [-0.39, 0.29) is 17.8 Å². The minimum atomic E-state index is -4.51. The van der Waals surface area contributed by atoms with Crippen molar-refractivity contribution >= 4 is 24.3 Å². The molecule has 0 aromatic rings. The molecule has 4 N–H and O–H groups in total. The molecule has 0 radical (unpaired) electrons. The van der Waals surface area contributed by atoms with Gasteiger partial charge in [0.15, 0.2) is 0 Å². The first-order valence-electron chi connectivity index (χ1n) is 6.66. The van der Waals surface area contributed by atoms with Gasteiger partial charge in [-0.15, -0.1) is 12.4 Å². The van der Waals surface area contributed by atoms with Crippen LogP contribution in [-0.2, 0) is 4.79 Å². The Kier molecular flexibility index (Phi) is 7.60. The average Bonchev–Trinajstić information content (AvgIpc) is 2.78. The van der Waals surface area contributed by atoms with Crippen LogP contribution in [0.25, 0.3) is 0 Å². The number of carbonyl (C=O) groups excluding carboxylic acids is 2. The van der Waals surface area contributed by atoms with Crippen molar-refractivity contribution < 1.29 is 22.8 Å². The molecule has 1 fully saturated rings. The second-order valence-corrected chi connectivity index (χ2v) is 5.70. The quantitative estimate of drug-likeness (QED) is 0.704. The lowest BCUT2D eigenvalue weighted by Gasteiger charge is -2.26. The van der Waals surface area contributed by atoms with E-state index >= 15 is 0 Å². The van der Waals surface area contributed by atoms with Crippen molar-refractivity contribution in [3.63, 3.8) is 0 Å². The van der Waals surface area contributed by atoms with E-state index in [9.17, 15) is 22.8 Å². The molecule has 0 aromatic carbocycles. The van der Waals surface area contributed by atoms with Gasteiger partial charge in [0.25, 0.3) is 0 Å². The Labute approximate surface area is 133 Å². The minimum Gasteiger partial charge on any atom is -0.330 e. The fraction of sp³-hybridized carbons (Fsp3) is 0.833. The lowest BCUT2D eigenvalue weighted by molar-refractivity contribution is -0.126. The highest BCUT2D eigenvalue weighted by molar-refractivity contribution is 5.96. The number of likely N-dealkylation sites (tertiary alicyclic amines) is 1. The van der Waals surface area contributed by atoms with Crippen LogP contribution >= 0.6 is 12.4 Å². The summed E-state index contributed by atoms with van der Waals surface area (Å²) in [6.07, 6.45) is -3.68. The number of nitrogens with two attached hydrogens (primary N) is 1. The van der Waals surface area contributed by atoms with E-state index in [0.717, 1.165) is 6.42 Å². The maximum atomic E-state index is 11.9. The fourth-order valence-electron chi connectivity index (χ4n) is 2.17. The van der Waals surface area contributed by atoms with Crippen LogP contribution in [-0.4, -0.2) is 55.2 Å². The van der Waals surface area contributed by atoms with Crippen LogP contribution in [0.4, 0.5) is 18.0 Å². The molecule has 1 aliphatic heterocycles. The predicted molar refractivity (Wildman–Crippen MR) is 77.7 cm³/mol. The van der Waals surface area contributed by atoms with Gasteiger partial charge in [-0.1, -0.05) is 6.92 Å². The van der Waals surface area contributed by atoms with Gasteiger partial charge in [0, 0.05) is 6.54 Å². The number of imide groups is 1. The third-order valence-electron chi connectivity index (χ3n) is 3.69. The number of halogens is 4. The molecule has 0 spiro atoms. The summed E-state index contributed by atoms with van der Waals surface area (Å²) in [7, 11) is 0. The Bertz CT molecular complexity index is 408. The zero-order chi connectivity index (χ0) is 16.3. The number of rotatable bonds is 4. The summed E-state index contributed by atoms with van der Waals surface area (Å²) in [5.41, 5.74) is 5.59. The van der Waals surface area contributed by atoms with Crippen LogP contribution in [0, 0.1) is 5.41 Å². The van der Waals surface area contributed by atoms with E-state index in [4.69, 9.17) is 5.73 Å². The molecule has 2 atom stereocenters. The lowest BCUT2D eigenvalue weighted by Crippen LogP contribution is -2.50. The summed E-state index contributed by atoms with van der Waals surface area (Å²) in [5, 5.41) is 3.50. The second kappa shape index (κ2) is 7.98. The molecular formula is C12H22ClF3N4O2. The fourth-order valence-corrected chi connectivity index (χ4v) is 2.17. The monoisotopic (exact) mass is 346 g/mol. The van der Waals surface area contributed by atoms with Crippen molar-refractivity contribution in [2.75, 3.05) is 26.2 Å². The van der Waals surface area contributed by atoms with Gasteiger partial charge in [-0.25, -0.2) is 4.79 Å². The first-order valence-corrected chi connectivity index (χ1v) is 6.66. The zero-order valence-corrected chi connectivity index (χ0v) is 13.3. The standard InChI is InChI=1S/C12H21F3N4O2.ClH/c1-8(19-4-3-11(2,5-16)7-19)9(20)18-10(21)17-6-12(13,14)15;/h8H,3-7,16H2,1-2H3,(H2,17,18,20,21);1H. The number of carbonyl (C=O) groups is 2. The van der Waals surface area contributed by atoms with Gasteiger partial charge < -0.3 is 11.1 Å².